The van der Waals surface area contributed by atoms with E-state index in [0.29, 0.717) is 18.5 Å². The molecule has 0 unspecified atom stereocenters. The number of Topliss-reactive ketones (excluding diaryl/α,β-unsaturated/α-hetero) is 1. The second kappa shape index (κ2) is 10.1. The van der Waals surface area contributed by atoms with Gasteiger partial charge in [0.1, 0.15) is 22.2 Å². The van der Waals surface area contributed by atoms with E-state index in [0.717, 1.165) is 17.6 Å². The average Bonchev–Trinajstić information content (AvgIpc) is 3.12. The third-order valence-electron chi connectivity index (χ3n) is 4.97. The van der Waals surface area contributed by atoms with Gasteiger partial charge in [-0.3, -0.25) is 9.59 Å². The zero-order valence-corrected chi connectivity index (χ0v) is 18.9. The van der Waals surface area contributed by atoms with Crippen molar-refractivity contribution in [2.75, 3.05) is 18.1 Å². The highest BCUT2D eigenvalue weighted by molar-refractivity contribution is 6.39. The van der Waals surface area contributed by atoms with Crippen LogP contribution in [0.3, 0.4) is 0 Å². The van der Waals surface area contributed by atoms with Crippen molar-refractivity contribution in [1.82, 2.24) is 14.5 Å². The van der Waals surface area contributed by atoms with Gasteiger partial charge < -0.3 is 14.6 Å². The summed E-state index contributed by atoms with van der Waals surface area (Å²) < 4.78 is 41.3. The molecule has 7 nitrogen and oxygen atoms in total. The number of hydrogen-bond donors (Lipinski definition) is 1. The van der Waals surface area contributed by atoms with Crippen molar-refractivity contribution in [2.24, 2.45) is 0 Å². The fraction of sp³-hybridized carbons (Fsp3) is 0.333. The number of ketones is 1. The summed E-state index contributed by atoms with van der Waals surface area (Å²) in [6.45, 7) is 1.68. The van der Waals surface area contributed by atoms with Gasteiger partial charge in [0.05, 0.1) is 12.2 Å². The first-order valence-corrected chi connectivity index (χ1v) is 10.7. The van der Waals surface area contributed by atoms with E-state index in [-0.39, 0.29) is 33.5 Å². The number of amides is 1. The number of aromatic nitrogens is 3. The molecular weight excluding hydrogens is 484 g/mol. The number of carbonyl (C=O) groups is 2. The van der Waals surface area contributed by atoms with Gasteiger partial charge in [-0.2, -0.15) is 13.2 Å². The van der Waals surface area contributed by atoms with Crippen molar-refractivity contribution in [2.45, 2.75) is 32.5 Å². The minimum absolute atomic E-state index is 0.0307. The Hall–Kier alpha value is -2.69. The average molecular weight is 503 g/mol. The molecule has 0 radical (unpaired) electrons. The van der Waals surface area contributed by atoms with Crippen molar-refractivity contribution in [3.8, 4) is 0 Å². The Morgan fingerprint density at radius 2 is 1.85 bits per heavy atom. The van der Waals surface area contributed by atoms with Gasteiger partial charge in [0.25, 0.3) is 11.7 Å². The normalized spacial score (nSPS) is 11.7. The van der Waals surface area contributed by atoms with Crippen molar-refractivity contribution < 1.29 is 27.9 Å². The summed E-state index contributed by atoms with van der Waals surface area (Å²) in [5.41, 5.74) is -0.190. The summed E-state index contributed by atoms with van der Waals surface area (Å²) in [6, 6.07) is 4.33. The van der Waals surface area contributed by atoms with Gasteiger partial charge in [0.15, 0.2) is 0 Å². The molecule has 0 fully saturated rings. The van der Waals surface area contributed by atoms with Crippen LogP contribution in [0.1, 0.15) is 40.5 Å². The fourth-order valence-electron chi connectivity index (χ4n) is 3.40. The van der Waals surface area contributed by atoms with E-state index in [9.17, 15) is 27.9 Å². The number of aliphatic hydroxyl groups excluding tert-OH is 1. The van der Waals surface area contributed by atoms with Gasteiger partial charge in [-0.25, -0.2) is 9.97 Å². The van der Waals surface area contributed by atoms with E-state index in [2.05, 4.69) is 9.97 Å². The molecule has 3 rings (SSSR count). The van der Waals surface area contributed by atoms with Crippen molar-refractivity contribution >= 4 is 51.5 Å². The van der Waals surface area contributed by atoms with Gasteiger partial charge in [-0.15, -0.1) is 0 Å². The molecule has 3 aromatic rings. The van der Waals surface area contributed by atoms with Gasteiger partial charge in [0.2, 0.25) is 0 Å². The molecule has 2 heterocycles. The number of carbonyl (C=O) groups excluding carboxylic acids is 2. The molecule has 1 amide bonds. The maximum absolute atomic E-state index is 13.2. The first-order chi connectivity index (χ1) is 15.6. The fourth-order valence-corrected chi connectivity index (χ4v) is 3.88. The SMILES string of the molecule is CCCCn1cc(C(=O)C(F)(F)F)c2cc(N(CCO)C(=O)c3c(Cl)ncnc3Cl)ccc21. The predicted octanol–water partition coefficient (Wildman–Crippen LogP) is 4.92. The van der Waals surface area contributed by atoms with Crippen molar-refractivity contribution in [3.05, 3.63) is 52.2 Å². The highest BCUT2D eigenvalue weighted by Crippen LogP contribution is 2.33. The quantitative estimate of drug-likeness (QED) is 0.348. The summed E-state index contributed by atoms with van der Waals surface area (Å²) in [6.07, 6.45) is -1.32. The van der Waals surface area contributed by atoms with Crippen LogP contribution >= 0.6 is 23.2 Å². The molecule has 0 aliphatic rings. The minimum atomic E-state index is -5.07. The molecule has 0 bridgehead atoms. The number of anilines is 1. The maximum Gasteiger partial charge on any atom is 0.454 e. The number of rotatable bonds is 8. The number of nitrogens with zero attached hydrogens (tertiary/aromatic N) is 4. The Bertz CT molecular complexity index is 1180. The summed E-state index contributed by atoms with van der Waals surface area (Å²) in [5, 5.41) is 9.09. The number of aliphatic hydroxyl groups is 1. The summed E-state index contributed by atoms with van der Waals surface area (Å²) in [4.78, 5) is 33.8. The molecule has 0 aliphatic carbocycles. The van der Waals surface area contributed by atoms with Gasteiger partial charge in [0, 0.05) is 35.9 Å². The zero-order valence-electron chi connectivity index (χ0n) is 17.4. The van der Waals surface area contributed by atoms with Crippen LogP contribution in [0.4, 0.5) is 18.9 Å². The van der Waals surface area contributed by atoms with Crippen LogP contribution in [0.25, 0.3) is 10.9 Å². The predicted molar refractivity (Wildman–Crippen MR) is 118 cm³/mol. The van der Waals surface area contributed by atoms with Crippen LogP contribution in [-0.2, 0) is 6.54 Å². The lowest BCUT2D eigenvalue weighted by Crippen LogP contribution is -2.34. The number of unbranched alkanes of at least 4 members (excludes halogenated alkanes) is 1. The van der Waals surface area contributed by atoms with E-state index < -0.39 is 30.0 Å². The molecule has 1 aromatic carbocycles. The molecular formula is C21H19Cl2F3N4O3. The summed E-state index contributed by atoms with van der Waals surface area (Å²) in [7, 11) is 0. The molecule has 2 aromatic heterocycles. The molecule has 1 N–H and O–H groups in total. The Morgan fingerprint density at radius 1 is 1.18 bits per heavy atom. The highest BCUT2D eigenvalue weighted by Gasteiger charge is 2.41. The molecule has 33 heavy (non-hydrogen) atoms. The summed E-state index contributed by atoms with van der Waals surface area (Å²) >= 11 is 12.0. The highest BCUT2D eigenvalue weighted by atomic mass is 35.5. The van der Waals surface area contributed by atoms with Crippen molar-refractivity contribution in [3.63, 3.8) is 0 Å². The second-order valence-electron chi connectivity index (χ2n) is 7.13. The topological polar surface area (TPSA) is 88.3 Å². The summed E-state index contributed by atoms with van der Waals surface area (Å²) in [5.74, 6) is -2.74. The largest absolute Gasteiger partial charge is 0.454 e. The monoisotopic (exact) mass is 502 g/mol. The third kappa shape index (κ3) is 5.13. The van der Waals surface area contributed by atoms with E-state index in [1.165, 1.54) is 24.4 Å². The molecule has 12 heteroatoms. The first-order valence-electron chi connectivity index (χ1n) is 9.93. The Balaban J connectivity index is 2.16. The number of alkyl halides is 3. The Labute approximate surface area is 196 Å². The maximum atomic E-state index is 13.2. The Kier molecular flexibility index (Phi) is 7.61. The van der Waals surface area contributed by atoms with Crippen LogP contribution in [0, 0.1) is 0 Å². The smallest absolute Gasteiger partial charge is 0.395 e. The lowest BCUT2D eigenvalue weighted by atomic mass is 10.1. The standard InChI is InChI=1S/C21H19Cl2F3N4O3/c1-2-3-6-29-10-14(17(32)21(24,25)26)13-9-12(4-5-15(13)29)30(7-8-31)20(33)16-18(22)27-11-28-19(16)23/h4-5,9-11,31H,2-3,6-8H2,1H3. The minimum Gasteiger partial charge on any atom is -0.395 e. The van der Waals surface area contributed by atoms with Gasteiger partial charge in [-0.05, 0) is 24.6 Å². The van der Waals surface area contributed by atoms with Crippen LogP contribution < -0.4 is 4.90 Å². The molecule has 0 saturated carbocycles. The van der Waals surface area contributed by atoms with Gasteiger partial charge in [-0.1, -0.05) is 36.5 Å². The van der Waals surface area contributed by atoms with E-state index in [1.807, 2.05) is 6.92 Å². The molecule has 0 spiro atoms. The molecule has 0 atom stereocenters. The Morgan fingerprint density at radius 3 is 2.42 bits per heavy atom. The number of halogens is 5. The van der Waals surface area contributed by atoms with Gasteiger partial charge >= 0.3 is 6.18 Å². The van der Waals surface area contributed by atoms with Crippen LogP contribution in [0.5, 0.6) is 0 Å². The number of fused-ring (bicyclic) bond motifs is 1. The number of aryl methyl sites for hydroxylation is 1. The molecule has 176 valence electrons. The van der Waals surface area contributed by atoms with Crippen LogP contribution in [-0.4, -0.2) is 50.7 Å². The number of hydrogen-bond acceptors (Lipinski definition) is 5. The lowest BCUT2D eigenvalue weighted by molar-refractivity contribution is -0.0884. The lowest BCUT2D eigenvalue weighted by Gasteiger charge is -2.23. The van der Waals surface area contributed by atoms with Crippen LogP contribution in [0.2, 0.25) is 10.3 Å². The number of benzene rings is 1. The first kappa shape index (κ1) is 24.9. The van der Waals surface area contributed by atoms with E-state index >= 15 is 0 Å². The zero-order chi connectivity index (χ0) is 24.3. The third-order valence-corrected chi connectivity index (χ3v) is 5.54. The van der Waals surface area contributed by atoms with E-state index in [1.54, 1.807) is 4.57 Å². The van der Waals surface area contributed by atoms with Crippen molar-refractivity contribution in [1.29, 1.82) is 0 Å². The second-order valence-corrected chi connectivity index (χ2v) is 7.84. The molecule has 0 saturated heterocycles. The molecule has 0 aliphatic heterocycles. The van der Waals surface area contributed by atoms with E-state index in [4.69, 9.17) is 23.2 Å². The van der Waals surface area contributed by atoms with Crippen LogP contribution in [0.15, 0.2) is 30.7 Å².